The van der Waals surface area contributed by atoms with Crippen molar-refractivity contribution in [3.8, 4) is 11.5 Å². The van der Waals surface area contributed by atoms with Gasteiger partial charge in [0.25, 0.3) is 0 Å². The van der Waals surface area contributed by atoms with Crippen LogP contribution in [0.2, 0.25) is 0 Å². The van der Waals surface area contributed by atoms with Gasteiger partial charge in [-0.25, -0.2) is 0 Å². The summed E-state index contributed by atoms with van der Waals surface area (Å²) in [6.07, 6.45) is 0. The highest BCUT2D eigenvalue weighted by Gasteiger charge is 2.26. The first-order chi connectivity index (χ1) is 7.59. The molecule has 1 aromatic rings. The number of hydrogen-bond acceptors (Lipinski definition) is 2. The van der Waals surface area contributed by atoms with E-state index in [2.05, 4.69) is 47.6 Å². The van der Waals surface area contributed by atoms with E-state index < -0.39 is 0 Å². The van der Waals surface area contributed by atoms with Crippen LogP contribution in [-0.2, 0) is 10.8 Å². The van der Waals surface area contributed by atoms with Crippen molar-refractivity contribution in [2.24, 2.45) is 0 Å². The highest BCUT2D eigenvalue weighted by molar-refractivity contribution is 5.55. The molecule has 0 fully saturated rings. The van der Waals surface area contributed by atoms with Gasteiger partial charge in [0.15, 0.2) is 11.5 Å². The molecule has 1 rings (SSSR count). The van der Waals surface area contributed by atoms with E-state index in [0.717, 1.165) is 11.1 Å². The first-order valence-electron chi connectivity index (χ1n) is 6.00. The number of ether oxygens (including phenoxy) is 1. The normalized spacial score (nSPS) is 12.6. The third-order valence-corrected chi connectivity index (χ3v) is 2.95. The zero-order chi connectivity index (χ0) is 13.4. The molecule has 0 radical (unpaired) electrons. The van der Waals surface area contributed by atoms with Crippen LogP contribution in [0.1, 0.15) is 52.7 Å². The highest BCUT2D eigenvalue weighted by Crippen LogP contribution is 2.43. The second-order valence-corrected chi connectivity index (χ2v) is 6.54. The van der Waals surface area contributed by atoms with Gasteiger partial charge >= 0.3 is 0 Å². The molecule has 0 aliphatic heterocycles. The fourth-order valence-corrected chi connectivity index (χ4v) is 1.97. The Hall–Kier alpha value is -1.18. The lowest BCUT2D eigenvalue weighted by atomic mass is 9.81. The minimum atomic E-state index is -0.0895. The molecule has 0 spiro atoms. The Morgan fingerprint density at radius 3 is 1.65 bits per heavy atom. The van der Waals surface area contributed by atoms with Crippen LogP contribution in [0.4, 0.5) is 0 Å². The maximum absolute atomic E-state index is 10.3. The minimum Gasteiger partial charge on any atom is -0.504 e. The van der Waals surface area contributed by atoms with E-state index >= 15 is 0 Å². The fraction of sp³-hybridized carbons (Fsp3) is 0.600. The summed E-state index contributed by atoms with van der Waals surface area (Å²) in [7, 11) is 1.61. The summed E-state index contributed by atoms with van der Waals surface area (Å²) >= 11 is 0. The number of phenolic OH excluding ortho intramolecular Hbond substituents is 1. The third-order valence-electron chi connectivity index (χ3n) is 2.95. The zero-order valence-corrected chi connectivity index (χ0v) is 12.0. The van der Waals surface area contributed by atoms with Crippen LogP contribution in [0.5, 0.6) is 11.5 Å². The van der Waals surface area contributed by atoms with Gasteiger partial charge in [-0.1, -0.05) is 53.7 Å². The quantitative estimate of drug-likeness (QED) is 0.798. The molecule has 0 amide bonds. The predicted molar refractivity (Wildman–Crippen MR) is 72.1 cm³/mol. The molecule has 17 heavy (non-hydrogen) atoms. The van der Waals surface area contributed by atoms with Crippen LogP contribution in [0.15, 0.2) is 12.1 Å². The van der Waals surface area contributed by atoms with Gasteiger partial charge in [0.1, 0.15) is 0 Å². The summed E-state index contributed by atoms with van der Waals surface area (Å²) < 4.78 is 5.39. The van der Waals surface area contributed by atoms with Crippen LogP contribution in [0.25, 0.3) is 0 Å². The lowest BCUT2D eigenvalue weighted by molar-refractivity contribution is 0.352. The van der Waals surface area contributed by atoms with E-state index in [1.807, 2.05) is 6.07 Å². The summed E-state index contributed by atoms with van der Waals surface area (Å²) in [5.74, 6) is 0.873. The van der Waals surface area contributed by atoms with E-state index in [0.29, 0.717) is 5.75 Å². The van der Waals surface area contributed by atoms with Crippen molar-refractivity contribution in [1.29, 1.82) is 0 Å². The maximum atomic E-state index is 10.3. The molecule has 1 aromatic carbocycles. The summed E-state index contributed by atoms with van der Waals surface area (Å²) in [5.41, 5.74) is 1.82. The average Bonchev–Trinajstić information content (AvgIpc) is 2.13. The van der Waals surface area contributed by atoms with Gasteiger partial charge in [-0.2, -0.15) is 0 Å². The summed E-state index contributed by atoms with van der Waals surface area (Å²) in [4.78, 5) is 0. The molecular formula is C15H24O2. The topological polar surface area (TPSA) is 29.5 Å². The van der Waals surface area contributed by atoms with Gasteiger partial charge in [-0.05, 0) is 10.8 Å². The molecule has 0 aromatic heterocycles. The van der Waals surface area contributed by atoms with Crippen LogP contribution >= 0.6 is 0 Å². The number of rotatable bonds is 1. The summed E-state index contributed by atoms with van der Waals surface area (Å²) in [6.45, 7) is 12.6. The maximum Gasteiger partial charge on any atom is 0.164 e. The Labute approximate surface area is 105 Å². The van der Waals surface area contributed by atoms with E-state index in [4.69, 9.17) is 4.74 Å². The van der Waals surface area contributed by atoms with Crippen LogP contribution in [0.3, 0.4) is 0 Å². The summed E-state index contributed by atoms with van der Waals surface area (Å²) in [5, 5.41) is 10.3. The first-order valence-corrected chi connectivity index (χ1v) is 6.00. The monoisotopic (exact) mass is 236 g/mol. The molecule has 0 saturated heterocycles. The Kier molecular flexibility index (Phi) is 3.47. The second-order valence-electron chi connectivity index (χ2n) is 6.54. The number of benzene rings is 1. The zero-order valence-electron chi connectivity index (χ0n) is 12.0. The van der Waals surface area contributed by atoms with Gasteiger partial charge in [0, 0.05) is 11.1 Å². The fourth-order valence-electron chi connectivity index (χ4n) is 1.97. The molecule has 0 atom stereocenters. The number of phenols is 1. The Morgan fingerprint density at radius 2 is 1.29 bits per heavy atom. The molecule has 0 aliphatic rings. The van der Waals surface area contributed by atoms with Crippen molar-refractivity contribution in [3.63, 3.8) is 0 Å². The van der Waals surface area contributed by atoms with Gasteiger partial charge in [-0.3, -0.25) is 0 Å². The van der Waals surface area contributed by atoms with Crippen molar-refractivity contribution < 1.29 is 9.84 Å². The minimum absolute atomic E-state index is 0.0424. The number of aromatic hydroxyl groups is 1. The largest absolute Gasteiger partial charge is 0.504 e. The Bertz CT molecular complexity index is 406. The smallest absolute Gasteiger partial charge is 0.164 e. The van der Waals surface area contributed by atoms with E-state index in [9.17, 15) is 5.11 Å². The van der Waals surface area contributed by atoms with Crippen molar-refractivity contribution in [3.05, 3.63) is 23.3 Å². The Balaban J connectivity index is 3.49. The Morgan fingerprint density at radius 1 is 0.882 bits per heavy atom. The van der Waals surface area contributed by atoms with E-state index in [1.54, 1.807) is 7.11 Å². The van der Waals surface area contributed by atoms with Gasteiger partial charge < -0.3 is 9.84 Å². The predicted octanol–water partition coefficient (Wildman–Crippen LogP) is 4.00. The highest BCUT2D eigenvalue weighted by atomic mass is 16.5. The van der Waals surface area contributed by atoms with E-state index in [-0.39, 0.29) is 16.6 Å². The molecule has 96 valence electrons. The molecule has 1 N–H and O–H groups in total. The number of methoxy groups -OCH3 is 1. The lowest BCUT2D eigenvalue weighted by Gasteiger charge is -2.27. The van der Waals surface area contributed by atoms with Crippen molar-refractivity contribution in [2.75, 3.05) is 7.11 Å². The average molecular weight is 236 g/mol. The van der Waals surface area contributed by atoms with Crippen molar-refractivity contribution >= 4 is 0 Å². The van der Waals surface area contributed by atoms with E-state index in [1.165, 1.54) is 0 Å². The molecule has 0 heterocycles. The molecular weight excluding hydrogens is 212 g/mol. The van der Waals surface area contributed by atoms with Crippen molar-refractivity contribution in [1.82, 2.24) is 0 Å². The molecule has 0 saturated carbocycles. The standard InChI is InChI=1S/C15H24O2/c1-14(2,3)10-8-9-11(15(4,5)6)13(17-7)12(10)16/h8-9,16H,1-7H3. The SMILES string of the molecule is COc1c(C(C)(C)C)ccc(C(C)(C)C)c1O. The van der Waals surface area contributed by atoms with Gasteiger partial charge in [0.05, 0.1) is 7.11 Å². The van der Waals surface area contributed by atoms with Crippen LogP contribution in [0, 0.1) is 0 Å². The molecule has 0 unspecified atom stereocenters. The molecule has 0 bridgehead atoms. The van der Waals surface area contributed by atoms with Crippen LogP contribution in [-0.4, -0.2) is 12.2 Å². The first kappa shape index (κ1) is 13.9. The molecule has 2 heteroatoms. The molecule has 0 aliphatic carbocycles. The number of hydrogen-bond donors (Lipinski definition) is 1. The lowest BCUT2D eigenvalue weighted by Crippen LogP contribution is -2.16. The second kappa shape index (κ2) is 4.25. The van der Waals surface area contributed by atoms with Gasteiger partial charge in [0.2, 0.25) is 0 Å². The van der Waals surface area contributed by atoms with Gasteiger partial charge in [-0.15, -0.1) is 0 Å². The van der Waals surface area contributed by atoms with Crippen molar-refractivity contribution in [2.45, 2.75) is 52.4 Å². The summed E-state index contributed by atoms with van der Waals surface area (Å²) in [6, 6.07) is 4.05. The van der Waals surface area contributed by atoms with Crippen LogP contribution < -0.4 is 4.74 Å². The molecule has 2 nitrogen and oxygen atoms in total. The third kappa shape index (κ3) is 2.74.